The average Bonchev–Trinajstić information content (AvgIpc) is 2.94. The molecule has 7 heteroatoms. The topological polar surface area (TPSA) is 71.8 Å². The number of esters is 1. The molecule has 0 aliphatic carbocycles. The minimum Gasteiger partial charge on any atom is -0.460 e. The molecule has 134 valence electrons. The number of anilines is 1. The highest BCUT2D eigenvalue weighted by molar-refractivity contribution is 6.31. The van der Waals surface area contributed by atoms with Gasteiger partial charge in [0.15, 0.2) is 0 Å². The van der Waals surface area contributed by atoms with Crippen LogP contribution in [0, 0.1) is 0 Å². The minimum atomic E-state index is -0.608. The van der Waals surface area contributed by atoms with Crippen molar-refractivity contribution in [3.8, 4) is 0 Å². The van der Waals surface area contributed by atoms with E-state index in [-0.39, 0.29) is 24.8 Å². The Balaban J connectivity index is 1.86. The number of hydrogen-bond donors (Lipinski definition) is 1. The van der Waals surface area contributed by atoms with Gasteiger partial charge in [-0.15, -0.1) is 0 Å². The molecule has 3 rings (SSSR count). The van der Waals surface area contributed by atoms with Crippen LogP contribution < -0.4 is 5.32 Å². The molecule has 25 heavy (non-hydrogen) atoms. The zero-order chi connectivity index (χ0) is 17.8. The molecule has 1 saturated heterocycles. The van der Waals surface area contributed by atoms with Gasteiger partial charge in [0.05, 0.1) is 13.2 Å². The van der Waals surface area contributed by atoms with Crippen LogP contribution in [0.15, 0.2) is 22.6 Å². The second kappa shape index (κ2) is 7.89. The number of amides is 1. The lowest BCUT2D eigenvalue weighted by Gasteiger charge is -2.25. The van der Waals surface area contributed by atoms with E-state index in [1.807, 2.05) is 0 Å². The average molecular weight is 365 g/mol. The van der Waals surface area contributed by atoms with Crippen molar-refractivity contribution in [2.75, 3.05) is 31.6 Å². The van der Waals surface area contributed by atoms with Crippen LogP contribution in [0.2, 0.25) is 5.02 Å². The van der Waals surface area contributed by atoms with E-state index in [0.717, 1.165) is 25.9 Å². The normalized spacial score (nSPS) is 15.3. The van der Waals surface area contributed by atoms with E-state index < -0.39 is 5.97 Å². The lowest BCUT2D eigenvalue weighted by Crippen LogP contribution is -2.37. The number of likely N-dealkylation sites (tertiary alicyclic amines) is 1. The first-order valence-electron chi connectivity index (χ1n) is 8.50. The van der Waals surface area contributed by atoms with E-state index in [9.17, 15) is 9.59 Å². The number of nitrogens with one attached hydrogen (secondary N) is 1. The van der Waals surface area contributed by atoms with Gasteiger partial charge in [0.2, 0.25) is 11.7 Å². The van der Waals surface area contributed by atoms with Crippen molar-refractivity contribution in [1.82, 2.24) is 4.90 Å². The Bertz CT molecular complexity index is 781. The molecule has 1 aliphatic heterocycles. The van der Waals surface area contributed by atoms with Crippen LogP contribution in [-0.2, 0) is 9.53 Å². The molecule has 0 atom stereocenters. The molecular formula is C18H21ClN2O4. The molecule has 1 amide bonds. The zero-order valence-corrected chi connectivity index (χ0v) is 14.9. The minimum absolute atomic E-state index is 0.00823. The summed E-state index contributed by atoms with van der Waals surface area (Å²) in [5.74, 6) is -0.802. The summed E-state index contributed by atoms with van der Waals surface area (Å²) in [6.45, 7) is 4.05. The van der Waals surface area contributed by atoms with E-state index in [1.165, 1.54) is 6.42 Å². The van der Waals surface area contributed by atoms with E-state index in [1.54, 1.807) is 25.1 Å². The molecule has 0 radical (unpaired) electrons. The number of carbonyl (C=O) groups excluding carboxylic acids is 2. The van der Waals surface area contributed by atoms with E-state index >= 15 is 0 Å². The van der Waals surface area contributed by atoms with Gasteiger partial charge >= 0.3 is 5.97 Å². The van der Waals surface area contributed by atoms with E-state index in [4.69, 9.17) is 20.8 Å². The highest BCUT2D eigenvalue weighted by atomic mass is 35.5. The highest BCUT2D eigenvalue weighted by Crippen LogP contribution is 2.33. The first-order chi connectivity index (χ1) is 12.1. The quantitative estimate of drug-likeness (QED) is 0.819. The first kappa shape index (κ1) is 17.8. The maximum atomic E-state index is 12.5. The lowest BCUT2D eigenvalue weighted by atomic mass is 10.1. The number of benzene rings is 1. The Morgan fingerprint density at radius 3 is 2.76 bits per heavy atom. The Morgan fingerprint density at radius 2 is 2.04 bits per heavy atom. The smallest absolute Gasteiger partial charge is 0.376 e. The van der Waals surface area contributed by atoms with Gasteiger partial charge < -0.3 is 14.5 Å². The van der Waals surface area contributed by atoms with Crippen LogP contribution in [0.25, 0.3) is 11.0 Å². The summed E-state index contributed by atoms with van der Waals surface area (Å²) in [4.78, 5) is 26.8. The number of fused-ring (bicyclic) bond motifs is 1. The van der Waals surface area contributed by atoms with Gasteiger partial charge in [-0.1, -0.05) is 18.0 Å². The summed E-state index contributed by atoms with van der Waals surface area (Å²) in [7, 11) is 0. The number of halogens is 1. The summed E-state index contributed by atoms with van der Waals surface area (Å²) in [5.41, 5.74) is 0.790. The van der Waals surface area contributed by atoms with Gasteiger partial charge in [0, 0.05) is 10.4 Å². The number of ether oxygens (including phenoxy) is 1. The third-order valence-electron chi connectivity index (χ3n) is 4.19. The molecule has 1 N–H and O–H groups in total. The third kappa shape index (κ3) is 4.14. The first-order valence-corrected chi connectivity index (χ1v) is 8.87. The number of furan rings is 1. The van der Waals surface area contributed by atoms with Crippen LogP contribution in [0.4, 0.5) is 5.69 Å². The molecule has 1 fully saturated rings. The largest absolute Gasteiger partial charge is 0.460 e. The van der Waals surface area contributed by atoms with Crippen molar-refractivity contribution in [1.29, 1.82) is 0 Å². The lowest BCUT2D eigenvalue weighted by molar-refractivity contribution is -0.117. The maximum Gasteiger partial charge on any atom is 0.376 e. The van der Waals surface area contributed by atoms with Crippen molar-refractivity contribution in [3.05, 3.63) is 29.0 Å². The second-order valence-electron chi connectivity index (χ2n) is 6.05. The molecule has 0 bridgehead atoms. The van der Waals surface area contributed by atoms with Gasteiger partial charge in [-0.2, -0.15) is 0 Å². The molecule has 1 aromatic carbocycles. The van der Waals surface area contributed by atoms with Crippen molar-refractivity contribution in [2.24, 2.45) is 0 Å². The fourth-order valence-corrected chi connectivity index (χ4v) is 3.21. The standard InChI is InChI=1S/C18H21ClN2O4/c1-2-24-18(23)17-16(13-10-12(19)6-7-14(13)25-17)20-15(22)11-21-8-4-3-5-9-21/h6-7,10H,2-5,8-9,11H2,1H3,(H,20,22). The summed E-state index contributed by atoms with van der Waals surface area (Å²) >= 11 is 6.05. The van der Waals surface area contributed by atoms with Gasteiger partial charge in [-0.3, -0.25) is 9.69 Å². The van der Waals surface area contributed by atoms with Crippen molar-refractivity contribution in [2.45, 2.75) is 26.2 Å². The molecular weight excluding hydrogens is 344 g/mol. The predicted octanol–water partition coefficient (Wildman–Crippen LogP) is 3.69. The summed E-state index contributed by atoms with van der Waals surface area (Å²) in [6.07, 6.45) is 3.41. The predicted molar refractivity (Wildman–Crippen MR) is 96.1 cm³/mol. The summed E-state index contributed by atoms with van der Waals surface area (Å²) < 4.78 is 10.6. The van der Waals surface area contributed by atoms with Crippen molar-refractivity contribution < 1.29 is 18.7 Å². The van der Waals surface area contributed by atoms with Crippen LogP contribution in [0.3, 0.4) is 0 Å². The van der Waals surface area contributed by atoms with E-state index in [2.05, 4.69) is 10.2 Å². The fraction of sp³-hybridized carbons (Fsp3) is 0.444. The molecule has 2 heterocycles. The Hall–Kier alpha value is -2.05. The van der Waals surface area contributed by atoms with Gasteiger partial charge in [-0.05, 0) is 51.1 Å². The molecule has 0 spiro atoms. The van der Waals surface area contributed by atoms with E-state index in [0.29, 0.717) is 21.7 Å². The van der Waals surface area contributed by atoms with Crippen LogP contribution in [-0.4, -0.2) is 43.0 Å². The molecule has 6 nitrogen and oxygen atoms in total. The SMILES string of the molecule is CCOC(=O)c1oc2ccc(Cl)cc2c1NC(=O)CN1CCCCC1. The monoisotopic (exact) mass is 364 g/mol. The maximum absolute atomic E-state index is 12.5. The third-order valence-corrected chi connectivity index (χ3v) is 4.43. The van der Waals surface area contributed by atoms with Crippen molar-refractivity contribution in [3.63, 3.8) is 0 Å². The number of nitrogens with zero attached hydrogens (tertiary/aromatic N) is 1. The Kier molecular flexibility index (Phi) is 5.60. The number of piperidine rings is 1. The highest BCUT2D eigenvalue weighted by Gasteiger charge is 2.24. The summed E-state index contributed by atoms with van der Waals surface area (Å²) in [6, 6.07) is 5.00. The van der Waals surface area contributed by atoms with Crippen LogP contribution in [0.5, 0.6) is 0 Å². The zero-order valence-electron chi connectivity index (χ0n) is 14.1. The fourth-order valence-electron chi connectivity index (χ4n) is 3.03. The molecule has 2 aromatic rings. The second-order valence-corrected chi connectivity index (χ2v) is 6.49. The molecule has 0 saturated carbocycles. The number of hydrogen-bond acceptors (Lipinski definition) is 5. The molecule has 0 unspecified atom stereocenters. The van der Waals surface area contributed by atoms with Crippen molar-refractivity contribution >= 4 is 40.1 Å². The molecule has 1 aliphatic rings. The summed E-state index contributed by atoms with van der Waals surface area (Å²) in [5, 5.41) is 3.89. The number of carbonyl (C=O) groups is 2. The number of rotatable bonds is 5. The molecule has 1 aromatic heterocycles. The van der Waals surface area contributed by atoms with Gasteiger partial charge in [0.1, 0.15) is 11.3 Å². The Morgan fingerprint density at radius 1 is 1.28 bits per heavy atom. The van der Waals surface area contributed by atoms with Gasteiger partial charge in [0.25, 0.3) is 0 Å². The Labute approximate surface area is 151 Å². The van der Waals surface area contributed by atoms with Crippen LogP contribution >= 0.6 is 11.6 Å². The van der Waals surface area contributed by atoms with Crippen LogP contribution in [0.1, 0.15) is 36.7 Å². The van der Waals surface area contributed by atoms with Gasteiger partial charge in [-0.25, -0.2) is 4.79 Å².